The zero-order chi connectivity index (χ0) is 19.1. The molecule has 0 saturated heterocycles. The number of allylic oxidation sites excluding steroid dienone is 2. The molecule has 0 amide bonds. The van der Waals surface area contributed by atoms with Crippen LogP contribution in [0.5, 0.6) is 5.88 Å². The van der Waals surface area contributed by atoms with Crippen LogP contribution in [0.4, 0.5) is 0 Å². The fraction of sp³-hybridized carbons (Fsp3) is 0.381. The molecule has 2 heterocycles. The second-order valence-corrected chi connectivity index (χ2v) is 7.18. The zero-order valence-corrected chi connectivity index (χ0v) is 15.6. The molecule has 0 aliphatic heterocycles. The lowest BCUT2D eigenvalue weighted by molar-refractivity contribution is -0.120. The number of Topliss-reactive ketones (excluding diaryl/α,β-unsaturated/α-hetero) is 1. The van der Waals surface area contributed by atoms with Crippen LogP contribution in [0.3, 0.4) is 0 Å². The third-order valence-corrected chi connectivity index (χ3v) is 5.64. The second-order valence-electron chi connectivity index (χ2n) is 7.18. The van der Waals surface area contributed by atoms with Gasteiger partial charge in [-0.25, -0.2) is 4.98 Å². The first-order chi connectivity index (χ1) is 13.0. The monoisotopic (exact) mass is 360 g/mol. The van der Waals surface area contributed by atoms with Crippen LogP contribution in [0.25, 0.3) is 11.4 Å². The number of rotatable bonds is 2. The number of carbonyl (C=O) groups excluding carboxylic acids is 1. The molecule has 6 heteroatoms. The first kappa shape index (κ1) is 17.3. The van der Waals surface area contributed by atoms with Crippen LogP contribution in [0, 0.1) is 30.1 Å². The van der Waals surface area contributed by atoms with Gasteiger partial charge >= 0.3 is 0 Å². The summed E-state index contributed by atoms with van der Waals surface area (Å²) in [4.78, 5) is 26.1. The fourth-order valence-corrected chi connectivity index (χ4v) is 4.22. The van der Waals surface area contributed by atoms with Gasteiger partial charge in [-0.1, -0.05) is 13.0 Å². The van der Waals surface area contributed by atoms with Gasteiger partial charge < -0.3 is 4.74 Å². The molecule has 3 unspecified atom stereocenters. The Bertz CT molecular complexity index is 1010. The number of ether oxygens (including phenoxy) is 1. The van der Waals surface area contributed by atoms with Crippen molar-refractivity contribution in [1.29, 1.82) is 5.26 Å². The molecule has 0 bridgehead atoms. The van der Waals surface area contributed by atoms with Gasteiger partial charge in [0.05, 0.1) is 18.4 Å². The summed E-state index contributed by atoms with van der Waals surface area (Å²) < 4.78 is 5.57. The minimum atomic E-state index is -0.185. The highest BCUT2D eigenvalue weighted by Gasteiger charge is 2.42. The average molecular weight is 360 g/mol. The maximum atomic E-state index is 12.4. The number of methoxy groups -OCH3 is 1. The van der Waals surface area contributed by atoms with E-state index in [1.807, 2.05) is 26.0 Å². The minimum Gasteiger partial charge on any atom is -0.481 e. The van der Waals surface area contributed by atoms with Crippen molar-refractivity contribution in [1.82, 2.24) is 15.0 Å². The Morgan fingerprint density at radius 1 is 1.33 bits per heavy atom. The topological polar surface area (TPSA) is 88.8 Å². The van der Waals surface area contributed by atoms with E-state index in [0.717, 1.165) is 35.4 Å². The lowest BCUT2D eigenvalue weighted by atomic mass is 9.66. The van der Waals surface area contributed by atoms with Crippen molar-refractivity contribution in [3.63, 3.8) is 0 Å². The third kappa shape index (κ3) is 2.80. The Kier molecular flexibility index (Phi) is 4.23. The van der Waals surface area contributed by atoms with Gasteiger partial charge in [0.1, 0.15) is 6.07 Å². The van der Waals surface area contributed by atoms with Crippen molar-refractivity contribution in [2.45, 2.75) is 32.6 Å². The molecular weight excluding hydrogens is 340 g/mol. The van der Waals surface area contributed by atoms with Crippen molar-refractivity contribution in [3.8, 4) is 23.3 Å². The van der Waals surface area contributed by atoms with E-state index in [9.17, 15) is 10.1 Å². The minimum absolute atomic E-state index is 0.0618. The lowest BCUT2D eigenvalue weighted by Gasteiger charge is -2.37. The number of nitriles is 1. The number of nitrogens with zero attached hydrogens (tertiary/aromatic N) is 4. The van der Waals surface area contributed by atoms with Gasteiger partial charge in [0.2, 0.25) is 5.88 Å². The van der Waals surface area contributed by atoms with Gasteiger partial charge in [0.15, 0.2) is 11.6 Å². The van der Waals surface area contributed by atoms with Crippen molar-refractivity contribution in [2.75, 3.05) is 7.11 Å². The van der Waals surface area contributed by atoms with E-state index in [4.69, 9.17) is 9.72 Å². The van der Waals surface area contributed by atoms with E-state index in [1.54, 1.807) is 19.4 Å². The molecular formula is C21H20N4O2. The number of fused-ring (bicyclic) bond motifs is 3. The highest BCUT2D eigenvalue weighted by molar-refractivity contribution is 6.01. The van der Waals surface area contributed by atoms with Crippen LogP contribution in [0.2, 0.25) is 0 Å². The van der Waals surface area contributed by atoms with Crippen LogP contribution in [-0.4, -0.2) is 27.8 Å². The van der Waals surface area contributed by atoms with Crippen LogP contribution >= 0.6 is 0 Å². The average Bonchev–Trinajstić information content (AvgIpc) is 2.69. The van der Waals surface area contributed by atoms with Gasteiger partial charge in [-0.2, -0.15) is 10.2 Å². The molecule has 27 heavy (non-hydrogen) atoms. The number of carbonyl (C=O) groups is 1. The second kappa shape index (κ2) is 6.58. The van der Waals surface area contributed by atoms with Gasteiger partial charge in [-0.15, -0.1) is 0 Å². The Hall–Kier alpha value is -3.07. The molecule has 2 aliphatic carbocycles. The predicted molar refractivity (Wildman–Crippen MR) is 99.0 cm³/mol. The Morgan fingerprint density at radius 2 is 2.15 bits per heavy atom. The van der Waals surface area contributed by atoms with E-state index < -0.39 is 0 Å². The highest BCUT2D eigenvalue weighted by Crippen LogP contribution is 2.46. The van der Waals surface area contributed by atoms with Crippen molar-refractivity contribution in [2.24, 2.45) is 11.8 Å². The summed E-state index contributed by atoms with van der Waals surface area (Å²) in [5.41, 5.74) is 3.83. The first-order valence-corrected chi connectivity index (χ1v) is 9.07. The molecule has 2 aromatic heterocycles. The summed E-state index contributed by atoms with van der Waals surface area (Å²) in [5, 5.41) is 9.38. The molecule has 2 aromatic rings. The summed E-state index contributed by atoms with van der Waals surface area (Å²) in [5.74, 6) is 0.972. The molecule has 2 aliphatic rings. The van der Waals surface area contributed by atoms with Crippen LogP contribution in [0.1, 0.15) is 36.2 Å². The first-order valence-electron chi connectivity index (χ1n) is 9.07. The van der Waals surface area contributed by atoms with E-state index >= 15 is 0 Å². The number of hydrogen-bond acceptors (Lipinski definition) is 6. The molecule has 0 aromatic carbocycles. The smallest absolute Gasteiger partial charge is 0.220 e. The van der Waals surface area contributed by atoms with Crippen molar-refractivity contribution < 1.29 is 9.53 Å². The largest absolute Gasteiger partial charge is 0.481 e. The van der Waals surface area contributed by atoms with Gasteiger partial charge in [0, 0.05) is 34.9 Å². The van der Waals surface area contributed by atoms with Crippen LogP contribution in [0.15, 0.2) is 30.0 Å². The van der Waals surface area contributed by atoms with Gasteiger partial charge in [-0.3, -0.25) is 9.78 Å². The standard InChI is InChI=1S/C21H20N4O2/c1-11-8-13(6-7-23-11)20-24-18-16(21(25-20)27-3)5-4-15-12(2)19(26)14(10-22)9-17(15)18/h6-9,12,15,17H,4-5H2,1-3H3. The normalized spacial score (nSPS) is 23.7. The van der Waals surface area contributed by atoms with Crippen molar-refractivity contribution >= 4 is 5.78 Å². The van der Waals surface area contributed by atoms with Crippen molar-refractivity contribution in [3.05, 3.63) is 46.9 Å². The third-order valence-electron chi connectivity index (χ3n) is 5.64. The van der Waals surface area contributed by atoms with E-state index in [2.05, 4.69) is 16.0 Å². The van der Waals surface area contributed by atoms with Crippen LogP contribution in [-0.2, 0) is 11.2 Å². The van der Waals surface area contributed by atoms with Gasteiger partial charge in [-0.05, 0) is 37.8 Å². The molecule has 0 radical (unpaired) electrons. The summed E-state index contributed by atoms with van der Waals surface area (Å²) in [7, 11) is 1.61. The molecule has 4 rings (SSSR count). The summed E-state index contributed by atoms with van der Waals surface area (Å²) in [6.07, 6.45) is 5.15. The number of pyridine rings is 1. The number of hydrogen-bond donors (Lipinski definition) is 0. The molecule has 6 nitrogen and oxygen atoms in total. The Balaban J connectivity index is 1.91. The fourth-order valence-electron chi connectivity index (χ4n) is 4.22. The molecule has 0 saturated carbocycles. The molecule has 136 valence electrons. The maximum Gasteiger partial charge on any atom is 0.220 e. The lowest BCUT2D eigenvalue weighted by Crippen LogP contribution is -2.35. The summed E-state index contributed by atoms with van der Waals surface area (Å²) in [6, 6.07) is 5.87. The highest BCUT2D eigenvalue weighted by atomic mass is 16.5. The SMILES string of the molecule is COc1nc(-c2ccnc(C)c2)nc2c1CCC1C(C)C(=O)C(C#N)=CC21. The summed E-state index contributed by atoms with van der Waals surface area (Å²) >= 11 is 0. The Morgan fingerprint density at radius 3 is 2.85 bits per heavy atom. The summed E-state index contributed by atoms with van der Waals surface area (Å²) in [6.45, 7) is 3.84. The van der Waals surface area contributed by atoms with E-state index in [-0.39, 0.29) is 29.1 Å². The molecule has 3 atom stereocenters. The van der Waals surface area contributed by atoms with Gasteiger partial charge in [0.25, 0.3) is 0 Å². The molecule has 0 N–H and O–H groups in total. The Labute approximate surface area is 157 Å². The number of ketones is 1. The molecule has 0 spiro atoms. The predicted octanol–water partition coefficient (Wildman–Crippen LogP) is 3.17. The molecule has 0 fully saturated rings. The van der Waals surface area contributed by atoms with E-state index in [1.165, 1.54) is 0 Å². The zero-order valence-electron chi connectivity index (χ0n) is 15.6. The quantitative estimate of drug-likeness (QED) is 0.817. The van der Waals surface area contributed by atoms with Crippen LogP contribution < -0.4 is 4.74 Å². The van der Waals surface area contributed by atoms with E-state index in [0.29, 0.717) is 11.7 Å². The number of aromatic nitrogens is 3. The number of aryl methyl sites for hydroxylation is 1. The maximum absolute atomic E-state index is 12.4.